The van der Waals surface area contributed by atoms with Crippen LogP contribution in [0.25, 0.3) is 0 Å². The maximum atomic E-state index is 4.33. The second kappa shape index (κ2) is 5.59. The summed E-state index contributed by atoms with van der Waals surface area (Å²) in [7, 11) is 1.97. The lowest BCUT2D eigenvalue weighted by atomic mass is 10.2. The van der Waals surface area contributed by atoms with E-state index in [0.717, 1.165) is 18.7 Å². The molecule has 1 N–H and O–H groups in total. The Hall–Kier alpha value is -1.68. The van der Waals surface area contributed by atoms with Crippen molar-refractivity contribution in [3.8, 4) is 0 Å². The van der Waals surface area contributed by atoms with Gasteiger partial charge in [-0.2, -0.15) is 5.10 Å². The van der Waals surface area contributed by atoms with Crippen LogP contribution in [0.4, 0.5) is 0 Å². The number of nitrogens with one attached hydrogen (secondary N) is 1. The molecule has 4 heteroatoms. The highest BCUT2D eigenvalue weighted by atomic mass is 15.3. The van der Waals surface area contributed by atoms with Gasteiger partial charge in [0, 0.05) is 44.1 Å². The Labute approximate surface area is 102 Å². The molecule has 0 bridgehead atoms. The first-order valence-corrected chi connectivity index (χ1v) is 5.88. The largest absolute Gasteiger partial charge is 0.308 e. The SMILES string of the molecule is C[C@@H](NCCc1ccnn1C)c1ccccn1. The van der Waals surface area contributed by atoms with E-state index < -0.39 is 0 Å². The van der Waals surface area contributed by atoms with Gasteiger partial charge in [-0.3, -0.25) is 9.67 Å². The Bertz CT molecular complexity index is 449. The van der Waals surface area contributed by atoms with E-state index in [-0.39, 0.29) is 6.04 Å². The summed E-state index contributed by atoms with van der Waals surface area (Å²) in [6.45, 7) is 3.06. The van der Waals surface area contributed by atoms with Crippen LogP contribution in [0.15, 0.2) is 36.7 Å². The predicted molar refractivity (Wildman–Crippen MR) is 67.6 cm³/mol. The first-order chi connectivity index (χ1) is 8.27. The number of rotatable bonds is 5. The summed E-state index contributed by atoms with van der Waals surface area (Å²) >= 11 is 0. The minimum Gasteiger partial charge on any atom is -0.308 e. The van der Waals surface area contributed by atoms with E-state index in [9.17, 15) is 0 Å². The average molecular weight is 230 g/mol. The van der Waals surface area contributed by atoms with Crippen LogP contribution in [0.5, 0.6) is 0 Å². The quantitative estimate of drug-likeness (QED) is 0.850. The zero-order chi connectivity index (χ0) is 12.1. The third-order valence-corrected chi connectivity index (χ3v) is 2.89. The van der Waals surface area contributed by atoms with Gasteiger partial charge in [-0.15, -0.1) is 0 Å². The molecule has 2 aromatic heterocycles. The second-order valence-corrected chi connectivity index (χ2v) is 4.13. The summed E-state index contributed by atoms with van der Waals surface area (Å²) in [5.41, 5.74) is 2.32. The van der Waals surface area contributed by atoms with Crippen molar-refractivity contribution in [1.29, 1.82) is 0 Å². The topological polar surface area (TPSA) is 42.7 Å². The summed E-state index contributed by atoms with van der Waals surface area (Å²) in [6, 6.07) is 8.33. The predicted octanol–water partition coefficient (Wildman–Crippen LogP) is 1.71. The van der Waals surface area contributed by atoms with Crippen molar-refractivity contribution in [2.24, 2.45) is 7.05 Å². The zero-order valence-corrected chi connectivity index (χ0v) is 10.3. The van der Waals surface area contributed by atoms with Gasteiger partial charge in [-0.05, 0) is 25.1 Å². The molecule has 0 fully saturated rings. The Morgan fingerprint density at radius 3 is 2.82 bits per heavy atom. The van der Waals surface area contributed by atoms with Crippen LogP contribution in [-0.4, -0.2) is 21.3 Å². The molecule has 2 aromatic rings. The van der Waals surface area contributed by atoms with Crippen molar-refractivity contribution >= 4 is 0 Å². The fraction of sp³-hybridized carbons (Fsp3) is 0.385. The van der Waals surface area contributed by atoms with Gasteiger partial charge >= 0.3 is 0 Å². The Morgan fingerprint density at radius 1 is 1.29 bits per heavy atom. The van der Waals surface area contributed by atoms with Crippen LogP contribution in [0.2, 0.25) is 0 Å². The van der Waals surface area contributed by atoms with Crippen molar-refractivity contribution in [3.05, 3.63) is 48.0 Å². The minimum absolute atomic E-state index is 0.282. The van der Waals surface area contributed by atoms with Gasteiger partial charge in [0.25, 0.3) is 0 Å². The first-order valence-electron chi connectivity index (χ1n) is 5.88. The Balaban J connectivity index is 1.81. The molecule has 0 aliphatic heterocycles. The van der Waals surface area contributed by atoms with Crippen molar-refractivity contribution in [1.82, 2.24) is 20.1 Å². The highest BCUT2D eigenvalue weighted by Crippen LogP contribution is 2.07. The van der Waals surface area contributed by atoms with Crippen LogP contribution in [0, 0.1) is 0 Å². The molecule has 0 spiro atoms. The molecule has 4 nitrogen and oxygen atoms in total. The van der Waals surface area contributed by atoms with Gasteiger partial charge in [-0.25, -0.2) is 0 Å². The maximum Gasteiger partial charge on any atom is 0.0570 e. The van der Waals surface area contributed by atoms with Gasteiger partial charge in [-0.1, -0.05) is 6.07 Å². The van der Waals surface area contributed by atoms with E-state index in [1.807, 2.05) is 48.4 Å². The second-order valence-electron chi connectivity index (χ2n) is 4.13. The van der Waals surface area contributed by atoms with E-state index in [4.69, 9.17) is 0 Å². The van der Waals surface area contributed by atoms with Crippen LogP contribution in [0.3, 0.4) is 0 Å². The molecule has 90 valence electrons. The molecule has 0 radical (unpaired) electrons. The molecule has 2 heterocycles. The normalized spacial score (nSPS) is 12.6. The van der Waals surface area contributed by atoms with Crippen LogP contribution in [-0.2, 0) is 13.5 Å². The summed E-state index contributed by atoms with van der Waals surface area (Å²) in [5.74, 6) is 0. The van der Waals surface area contributed by atoms with Gasteiger partial charge in [0.05, 0.1) is 5.69 Å². The van der Waals surface area contributed by atoms with Crippen molar-refractivity contribution in [3.63, 3.8) is 0 Å². The number of nitrogens with zero attached hydrogens (tertiary/aromatic N) is 3. The molecule has 0 amide bonds. The maximum absolute atomic E-state index is 4.33. The Kier molecular flexibility index (Phi) is 3.88. The monoisotopic (exact) mass is 230 g/mol. The van der Waals surface area contributed by atoms with E-state index >= 15 is 0 Å². The standard InChI is InChI=1S/C13H18N4/c1-11(13-5-3-4-8-15-13)14-9-6-12-7-10-16-17(12)2/h3-5,7-8,10-11,14H,6,9H2,1-2H3/t11-/m1/s1. The van der Waals surface area contributed by atoms with E-state index in [2.05, 4.69) is 22.3 Å². The Morgan fingerprint density at radius 2 is 2.18 bits per heavy atom. The molecule has 0 aromatic carbocycles. The molecule has 17 heavy (non-hydrogen) atoms. The van der Waals surface area contributed by atoms with Crippen molar-refractivity contribution in [2.45, 2.75) is 19.4 Å². The average Bonchev–Trinajstić information content (AvgIpc) is 2.76. The van der Waals surface area contributed by atoms with Crippen LogP contribution >= 0.6 is 0 Å². The molecule has 1 atom stereocenters. The summed E-state index contributed by atoms with van der Waals surface area (Å²) < 4.78 is 1.91. The van der Waals surface area contributed by atoms with Gasteiger partial charge in [0.1, 0.15) is 0 Å². The molecule has 2 rings (SSSR count). The summed E-state index contributed by atoms with van der Waals surface area (Å²) in [6.07, 6.45) is 4.64. The molecule has 0 unspecified atom stereocenters. The molecular weight excluding hydrogens is 212 g/mol. The van der Waals surface area contributed by atoms with Gasteiger partial charge < -0.3 is 5.32 Å². The van der Waals surface area contributed by atoms with E-state index in [1.54, 1.807) is 0 Å². The van der Waals surface area contributed by atoms with Crippen molar-refractivity contribution < 1.29 is 0 Å². The zero-order valence-electron chi connectivity index (χ0n) is 10.3. The molecule has 0 saturated carbocycles. The lowest BCUT2D eigenvalue weighted by molar-refractivity contribution is 0.553. The third-order valence-electron chi connectivity index (χ3n) is 2.89. The lowest BCUT2D eigenvalue weighted by Gasteiger charge is -2.12. The highest BCUT2D eigenvalue weighted by molar-refractivity contribution is 5.08. The highest BCUT2D eigenvalue weighted by Gasteiger charge is 2.05. The van der Waals surface area contributed by atoms with E-state index in [1.165, 1.54) is 5.69 Å². The molecule has 0 aliphatic carbocycles. The number of hydrogen-bond acceptors (Lipinski definition) is 3. The fourth-order valence-electron chi connectivity index (χ4n) is 1.80. The van der Waals surface area contributed by atoms with E-state index in [0.29, 0.717) is 0 Å². The van der Waals surface area contributed by atoms with Crippen LogP contribution in [0.1, 0.15) is 24.4 Å². The fourth-order valence-corrected chi connectivity index (χ4v) is 1.80. The van der Waals surface area contributed by atoms with Gasteiger partial charge in [0.2, 0.25) is 0 Å². The molecular formula is C13H18N4. The number of hydrogen-bond donors (Lipinski definition) is 1. The number of aromatic nitrogens is 3. The molecule has 0 saturated heterocycles. The minimum atomic E-state index is 0.282. The lowest BCUT2D eigenvalue weighted by Crippen LogP contribution is -2.22. The summed E-state index contributed by atoms with van der Waals surface area (Å²) in [5, 5.41) is 7.61. The molecule has 0 aliphatic rings. The first kappa shape index (κ1) is 11.8. The smallest absolute Gasteiger partial charge is 0.0570 e. The third kappa shape index (κ3) is 3.14. The number of aryl methyl sites for hydroxylation is 1. The van der Waals surface area contributed by atoms with Crippen molar-refractivity contribution in [2.75, 3.05) is 6.54 Å². The number of pyridine rings is 1. The summed E-state index contributed by atoms with van der Waals surface area (Å²) in [4.78, 5) is 4.33. The van der Waals surface area contributed by atoms with Gasteiger partial charge in [0.15, 0.2) is 0 Å². The van der Waals surface area contributed by atoms with Crippen LogP contribution < -0.4 is 5.32 Å².